The molecule has 2 aliphatic rings. The quantitative estimate of drug-likeness (QED) is 0.453. The van der Waals surface area contributed by atoms with Gasteiger partial charge in [-0.2, -0.15) is 10.2 Å². The average molecular weight is 504 g/mol. The second kappa shape index (κ2) is 12.1. The molecule has 0 aromatic carbocycles. The number of nitrogens with one attached hydrogen (secondary N) is 3. The van der Waals surface area contributed by atoms with Gasteiger partial charge in [0.15, 0.2) is 0 Å². The number of hydrogen-bond acceptors (Lipinski definition) is 9. The van der Waals surface area contributed by atoms with Crippen molar-refractivity contribution in [1.29, 1.82) is 0 Å². The van der Waals surface area contributed by atoms with Gasteiger partial charge in [0.25, 0.3) is 5.91 Å². The molecule has 2 saturated heterocycles. The zero-order valence-corrected chi connectivity index (χ0v) is 20.8. The van der Waals surface area contributed by atoms with E-state index in [0.29, 0.717) is 62.2 Å². The molecule has 2 fully saturated rings. The monoisotopic (exact) mass is 503 g/mol. The maximum absolute atomic E-state index is 13.0. The molecule has 0 spiro atoms. The third-order valence-corrected chi connectivity index (χ3v) is 6.03. The highest BCUT2D eigenvalue weighted by molar-refractivity contribution is 5.97. The number of pyridine rings is 1. The van der Waals surface area contributed by atoms with Crippen LogP contribution in [-0.2, 0) is 21.4 Å². The number of amides is 3. The third-order valence-electron chi connectivity index (χ3n) is 6.03. The van der Waals surface area contributed by atoms with Crippen LogP contribution < -0.4 is 20.7 Å². The lowest BCUT2D eigenvalue weighted by molar-refractivity contribution is -0.118. The molecule has 36 heavy (non-hydrogen) atoms. The molecule has 3 amide bonds. The number of hydroxylamine groups is 2. The van der Waals surface area contributed by atoms with Crippen LogP contribution in [0.15, 0.2) is 18.3 Å². The van der Waals surface area contributed by atoms with Gasteiger partial charge in [0, 0.05) is 64.3 Å². The number of rotatable bonds is 9. The summed E-state index contributed by atoms with van der Waals surface area (Å²) >= 11 is 0. The fourth-order valence-corrected chi connectivity index (χ4v) is 4.07. The van der Waals surface area contributed by atoms with Crippen molar-refractivity contribution in [2.24, 2.45) is 7.05 Å². The molecule has 0 unspecified atom stereocenters. The van der Waals surface area contributed by atoms with Gasteiger partial charge in [-0.1, -0.05) is 0 Å². The molecule has 2 aromatic heterocycles. The van der Waals surface area contributed by atoms with E-state index in [4.69, 9.17) is 19.0 Å². The Labute approximate surface area is 209 Å². The Hall–Kier alpha value is -3.26. The zero-order valence-electron chi connectivity index (χ0n) is 20.8. The molecule has 2 aromatic rings. The van der Waals surface area contributed by atoms with E-state index >= 15 is 0 Å². The Morgan fingerprint density at radius 1 is 1.17 bits per heavy atom. The molecular weight excluding hydrogens is 470 g/mol. The van der Waals surface area contributed by atoms with Gasteiger partial charge >= 0.3 is 6.03 Å². The average Bonchev–Trinajstić information content (AvgIpc) is 3.48. The number of urea groups is 1. The topological polar surface area (TPSA) is 141 Å². The number of aryl methyl sites for hydroxylation is 1. The summed E-state index contributed by atoms with van der Waals surface area (Å²) in [6.45, 7) is 3.39. The summed E-state index contributed by atoms with van der Waals surface area (Å²) < 4.78 is 17.3. The highest BCUT2D eigenvalue weighted by Crippen LogP contribution is 2.26. The van der Waals surface area contributed by atoms with Gasteiger partial charge < -0.3 is 24.8 Å². The molecule has 1 atom stereocenters. The van der Waals surface area contributed by atoms with Crippen molar-refractivity contribution in [3.63, 3.8) is 0 Å². The normalized spacial score (nSPS) is 18.7. The van der Waals surface area contributed by atoms with Gasteiger partial charge in [-0.25, -0.2) is 9.78 Å². The highest BCUT2D eigenvalue weighted by atomic mass is 16.7. The van der Waals surface area contributed by atoms with Gasteiger partial charge in [0.1, 0.15) is 11.4 Å². The standard InChI is InChI=1S/C23H33N7O6/c1-29-20(27-23(32)26-17-13-30(36-14-17)6-9-33-2)11-19(28-29)15-10-18(22(34-3)24-12-15)21(31)25-16-4-7-35-8-5-16/h10-12,16-17H,4-9,13-14H2,1-3H3,(H,25,31)(H2,26,27,32)/t17-/m1/s1. The lowest BCUT2D eigenvalue weighted by Crippen LogP contribution is -2.41. The van der Waals surface area contributed by atoms with Gasteiger partial charge in [-0.15, -0.1) is 0 Å². The number of methoxy groups -OCH3 is 2. The first kappa shape index (κ1) is 25.8. The van der Waals surface area contributed by atoms with Crippen LogP contribution in [0.5, 0.6) is 5.88 Å². The van der Waals surface area contributed by atoms with Gasteiger partial charge in [0.05, 0.1) is 32.1 Å². The number of carbonyl (C=O) groups is 2. The number of carbonyl (C=O) groups excluding carboxylic acids is 2. The number of nitrogens with zero attached hydrogens (tertiary/aromatic N) is 4. The number of ether oxygens (including phenoxy) is 3. The maximum atomic E-state index is 13.0. The van der Waals surface area contributed by atoms with Crippen LogP contribution in [0.2, 0.25) is 0 Å². The van der Waals surface area contributed by atoms with Crippen molar-refractivity contribution in [3.05, 3.63) is 23.9 Å². The molecule has 0 saturated carbocycles. The van der Waals surface area contributed by atoms with Gasteiger partial charge in [-0.3, -0.25) is 19.6 Å². The summed E-state index contributed by atoms with van der Waals surface area (Å²) in [5.74, 6) is 0.456. The Bertz CT molecular complexity index is 1060. The number of anilines is 1. The van der Waals surface area contributed by atoms with Crippen LogP contribution >= 0.6 is 0 Å². The van der Waals surface area contributed by atoms with Crippen LogP contribution in [-0.4, -0.2) is 97.6 Å². The van der Waals surface area contributed by atoms with E-state index in [-0.39, 0.29) is 29.9 Å². The van der Waals surface area contributed by atoms with Gasteiger partial charge in [-0.05, 0) is 18.9 Å². The molecule has 13 heteroatoms. The molecular formula is C23H33N7O6. The molecule has 0 aliphatic carbocycles. The highest BCUT2D eigenvalue weighted by Gasteiger charge is 2.25. The Kier molecular flexibility index (Phi) is 8.70. The minimum Gasteiger partial charge on any atom is -0.480 e. The van der Waals surface area contributed by atoms with Crippen molar-refractivity contribution < 1.29 is 28.6 Å². The summed E-state index contributed by atoms with van der Waals surface area (Å²) in [5, 5.41) is 15.0. The minimum atomic E-state index is -0.365. The van der Waals surface area contributed by atoms with E-state index in [1.165, 1.54) is 7.11 Å². The van der Waals surface area contributed by atoms with Crippen molar-refractivity contribution in [2.75, 3.05) is 59.1 Å². The molecule has 3 N–H and O–H groups in total. The molecule has 4 heterocycles. The SMILES string of the molecule is COCCN1C[C@@H](NC(=O)Nc2cc(-c3cnc(OC)c(C(=O)NC4CCOCC4)c3)nn2C)CO1. The van der Waals surface area contributed by atoms with Crippen molar-refractivity contribution in [3.8, 4) is 17.1 Å². The molecule has 0 bridgehead atoms. The lowest BCUT2D eigenvalue weighted by atomic mass is 10.1. The summed E-state index contributed by atoms with van der Waals surface area (Å²) in [4.78, 5) is 35.3. The Balaban J connectivity index is 1.41. The Morgan fingerprint density at radius 3 is 2.72 bits per heavy atom. The fraction of sp³-hybridized carbons (Fsp3) is 0.565. The largest absolute Gasteiger partial charge is 0.480 e. The number of aromatic nitrogens is 3. The van der Waals surface area contributed by atoms with Crippen LogP contribution in [0.1, 0.15) is 23.2 Å². The summed E-state index contributed by atoms with van der Waals surface area (Å²) in [5.41, 5.74) is 1.49. The summed E-state index contributed by atoms with van der Waals surface area (Å²) in [7, 11) is 4.83. The lowest BCUT2D eigenvalue weighted by Gasteiger charge is -2.23. The number of hydrogen-bond donors (Lipinski definition) is 3. The van der Waals surface area contributed by atoms with E-state index in [2.05, 4.69) is 26.0 Å². The predicted molar refractivity (Wildman–Crippen MR) is 130 cm³/mol. The van der Waals surface area contributed by atoms with E-state index in [1.54, 1.807) is 42.2 Å². The summed E-state index contributed by atoms with van der Waals surface area (Å²) in [6.07, 6.45) is 3.11. The molecule has 4 rings (SSSR count). The second-order valence-electron chi connectivity index (χ2n) is 8.65. The van der Waals surface area contributed by atoms with E-state index in [9.17, 15) is 9.59 Å². The smallest absolute Gasteiger partial charge is 0.320 e. The first-order valence-corrected chi connectivity index (χ1v) is 11.9. The van der Waals surface area contributed by atoms with Crippen LogP contribution in [0.3, 0.4) is 0 Å². The zero-order chi connectivity index (χ0) is 25.5. The van der Waals surface area contributed by atoms with Crippen molar-refractivity contribution >= 4 is 17.8 Å². The molecule has 2 aliphatic heterocycles. The Morgan fingerprint density at radius 2 is 1.97 bits per heavy atom. The van der Waals surface area contributed by atoms with Crippen LogP contribution in [0, 0.1) is 0 Å². The summed E-state index contributed by atoms with van der Waals surface area (Å²) in [6, 6.07) is 2.95. The predicted octanol–water partition coefficient (Wildman–Crippen LogP) is 0.783. The van der Waals surface area contributed by atoms with Gasteiger partial charge in [0.2, 0.25) is 5.88 Å². The van der Waals surface area contributed by atoms with E-state index < -0.39 is 0 Å². The molecule has 196 valence electrons. The van der Waals surface area contributed by atoms with Crippen molar-refractivity contribution in [2.45, 2.75) is 24.9 Å². The van der Waals surface area contributed by atoms with Crippen LogP contribution in [0.25, 0.3) is 11.3 Å². The third kappa shape index (κ3) is 6.49. The minimum absolute atomic E-state index is 0.0427. The molecule has 0 radical (unpaired) electrons. The first-order chi connectivity index (χ1) is 17.5. The van der Waals surface area contributed by atoms with Crippen molar-refractivity contribution in [1.82, 2.24) is 30.5 Å². The van der Waals surface area contributed by atoms with Crippen LogP contribution in [0.4, 0.5) is 10.6 Å². The maximum Gasteiger partial charge on any atom is 0.320 e. The van der Waals surface area contributed by atoms with E-state index in [1.807, 2.05) is 0 Å². The second-order valence-corrected chi connectivity index (χ2v) is 8.65. The fourth-order valence-electron chi connectivity index (χ4n) is 4.07. The molecule has 13 nitrogen and oxygen atoms in total. The first-order valence-electron chi connectivity index (χ1n) is 11.9. The van der Waals surface area contributed by atoms with E-state index in [0.717, 1.165) is 12.8 Å².